The third kappa shape index (κ3) is 6.22. The van der Waals surface area contributed by atoms with E-state index in [1.807, 2.05) is 0 Å². The lowest BCUT2D eigenvalue weighted by molar-refractivity contribution is -0.385. The zero-order chi connectivity index (χ0) is 41.7. The normalized spacial score (nSPS) is 16.4. The second-order valence-corrected chi connectivity index (χ2v) is 13.5. The van der Waals surface area contributed by atoms with Crippen LogP contribution in [0.1, 0.15) is 22.3 Å². The lowest BCUT2D eigenvalue weighted by Crippen LogP contribution is -2.06. The molecule has 4 aromatic rings. The molecule has 4 aromatic carbocycles. The number of nitrogens with zero attached hydrogens (tertiary/aromatic N) is 8. The molecule has 0 amide bonds. The zero-order valence-electron chi connectivity index (χ0n) is 30.7. The summed E-state index contributed by atoms with van der Waals surface area (Å²) in [6.07, 6.45) is 13.0. The molecule has 0 atom stereocenters. The Bertz CT molecular complexity index is 2680. The molecule has 0 radical (unpaired) electrons. The van der Waals surface area contributed by atoms with Gasteiger partial charge in [0.15, 0.2) is 0 Å². The van der Waals surface area contributed by atoms with Crippen LogP contribution in [0.2, 0.25) is 0 Å². The molecule has 0 aromatic heterocycles. The van der Waals surface area contributed by atoms with Crippen molar-refractivity contribution in [1.82, 2.24) is 0 Å². The van der Waals surface area contributed by atoms with Gasteiger partial charge in [-0.05, 0) is 72.9 Å². The summed E-state index contributed by atoms with van der Waals surface area (Å²) in [4.78, 5) is 67.7. The third-order valence-corrected chi connectivity index (χ3v) is 10.1. The second-order valence-electron chi connectivity index (χ2n) is 13.5. The van der Waals surface area contributed by atoms with Crippen LogP contribution in [0.15, 0.2) is 188 Å². The van der Waals surface area contributed by atoms with Crippen molar-refractivity contribution in [3.05, 3.63) is 231 Å². The van der Waals surface area contributed by atoms with Gasteiger partial charge in [0.25, 0.3) is 22.7 Å². The van der Waals surface area contributed by atoms with Crippen LogP contribution in [0.5, 0.6) is 0 Å². The molecule has 60 heavy (non-hydrogen) atoms. The van der Waals surface area contributed by atoms with Crippen molar-refractivity contribution >= 4 is 67.9 Å². The summed E-state index contributed by atoms with van der Waals surface area (Å²) >= 11 is 0. The highest BCUT2D eigenvalue weighted by molar-refractivity contribution is 6.40. The van der Waals surface area contributed by atoms with Gasteiger partial charge in [0.2, 0.25) is 0 Å². The standard InChI is InChI=1S/C44H24N8O8/c53-49(54)37-13-5-1-9-25(37)41-29-17-19-31(45-29)42(26-10-2-6-14-38(26)50(55)56)33-21-23-35(47-33)44(28-12-4-8-16-40(28)52(59)60)36-24-22-34(48-36)43(32-20-18-30(41)46-32)27-11-3-7-15-39(27)51(57)58/h1-24H. The number of para-hydroxylation sites is 4. The Morgan fingerprint density at radius 2 is 0.500 bits per heavy atom. The van der Waals surface area contributed by atoms with Crippen molar-refractivity contribution in [3.8, 4) is 0 Å². The third-order valence-electron chi connectivity index (χ3n) is 10.1. The lowest BCUT2D eigenvalue weighted by atomic mass is 9.97. The van der Waals surface area contributed by atoms with Crippen molar-refractivity contribution < 1.29 is 19.7 Å². The lowest BCUT2D eigenvalue weighted by Gasteiger charge is -2.13. The van der Waals surface area contributed by atoms with Crippen LogP contribution < -0.4 is 0 Å². The van der Waals surface area contributed by atoms with Gasteiger partial charge in [-0.2, -0.15) is 0 Å². The molecule has 288 valence electrons. The monoisotopic (exact) mass is 792 g/mol. The number of aliphatic imine (C=N–C) groups is 4. The molecule has 0 aliphatic carbocycles. The topological polar surface area (TPSA) is 222 Å². The Hall–Kier alpha value is -8.92. The molecule has 0 N–H and O–H groups in total. The minimum atomic E-state index is -0.527. The van der Waals surface area contributed by atoms with Gasteiger partial charge in [-0.15, -0.1) is 0 Å². The molecule has 9 rings (SSSR count). The van der Waals surface area contributed by atoms with Crippen molar-refractivity contribution in [1.29, 1.82) is 0 Å². The van der Waals surface area contributed by atoms with Gasteiger partial charge in [0.05, 0.1) is 87.6 Å². The number of nitro groups is 4. The van der Waals surface area contributed by atoms with Crippen LogP contribution in [-0.2, 0) is 0 Å². The summed E-state index contributed by atoms with van der Waals surface area (Å²) in [7, 11) is 0. The number of allylic oxidation sites excluding steroid dienone is 12. The molecular weight excluding hydrogens is 769 g/mol. The Morgan fingerprint density at radius 3 is 0.700 bits per heavy atom. The Kier molecular flexibility index (Phi) is 8.90. The van der Waals surface area contributed by atoms with Crippen molar-refractivity contribution in [2.45, 2.75) is 0 Å². The summed E-state index contributed by atoms with van der Waals surface area (Å²) in [5.41, 5.74) is 2.51. The Balaban J connectivity index is 1.43. The summed E-state index contributed by atoms with van der Waals surface area (Å²) in [5, 5.41) is 49.9. The van der Waals surface area contributed by atoms with Crippen LogP contribution >= 0.6 is 0 Å². The van der Waals surface area contributed by atoms with Gasteiger partial charge in [-0.25, -0.2) is 20.0 Å². The maximum Gasteiger partial charge on any atom is 0.277 e. The predicted octanol–water partition coefficient (Wildman–Crippen LogP) is 9.32. The van der Waals surface area contributed by atoms with E-state index in [0.717, 1.165) is 0 Å². The Morgan fingerprint density at radius 1 is 0.300 bits per heavy atom. The first kappa shape index (κ1) is 36.7. The minimum Gasteiger partial charge on any atom is -0.258 e. The smallest absolute Gasteiger partial charge is 0.258 e. The van der Waals surface area contributed by atoms with Gasteiger partial charge in [-0.3, -0.25) is 40.5 Å². The summed E-state index contributed by atoms with van der Waals surface area (Å²) in [5.74, 6) is 0. The summed E-state index contributed by atoms with van der Waals surface area (Å²) < 4.78 is 0. The average molecular weight is 793 g/mol. The number of hydrogen-bond donors (Lipinski definition) is 0. The van der Waals surface area contributed by atoms with Gasteiger partial charge in [0.1, 0.15) is 0 Å². The fourth-order valence-corrected chi connectivity index (χ4v) is 7.57. The highest BCUT2D eigenvalue weighted by atomic mass is 16.6. The van der Waals surface area contributed by atoms with Crippen LogP contribution in [-0.4, -0.2) is 42.5 Å². The van der Waals surface area contributed by atoms with Crippen LogP contribution in [0.3, 0.4) is 0 Å². The first-order valence-corrected chi connectivity index (χ1v) is 18.1. The number of benzene rings is 4. The number of rotatable bonds is 8. The van der Waals surface area contributed by atoms with E-state index in [0.29, 0.717) is 0 Å². The van der Waals surface area contributed by atoms with Crippen molar-refractivity contribution in [3.63, 3.8) is 0 Å². The van der Waals surface area contributed by atoms with E-state index < -0.39 is 19.7 Å². The number of nitro benzene ring substituents is 4. The first-order valence-electron chi connectivity index (χ1n) is 18.1. The van der Waals surface area contributed by atoms with E-state index in [9.17, 15) is 40.5 Å². The SMILES string of the molecule is O=[N+]([O-])c1ccccc1C1=C2C=CC(=N2)C(c2ccccc2[N+](=O)[O-])=C2C=CC(=N2)C(c2ccccc2[N+](=O)[O-])=C2C=CC(=N2)C(c2ccccc2[N+](=O)[O-])=C2C=CC1=N2. The second kappa shape index (κ2) is 14.5. The predicted molar refractivity (Wildman–Crippen MR) is 226 cm³/mol. The molecule has 8 bridgehead atoms. The molecule has 0 fully saturated rings. The first-order chi connectivity index (χ1) is 29.1. The molecule has 5 aliphatic heterocycles. The van der Waals surface area contributed by atoms with Gasteiger partial charge < -0.3 is 0 Å². The highest BCUT2D eigenvalue weighted by Gasteiger charge is 2.33. The van der Waals surface area contributed by atoms with Crippen LogP contribution in [0, 0.1) is 40.5 Å². The van der Waals surface area contributed by atoms with Gasteiger partial charge in [0, 0.05) is 46.6 Å². The molecule has 16 heteroatoms. The van der Waals surface area contributed by atoms with E-state index in [4.69, 9.17) is 20.0 Å². The maximum absolute atomic E-state index is 12.5. The molecule has 0 unspecified atom stereocenters. The van der Waals surface area contributed by atoms with E-state index in [-0.39, 0.29) is 113 Å². The largest absolute Gasteiger partial charge is 0.277 e. The van der Waals surface area contributed by atoms with Crippen LogP contribution in [0.25, 0.3) is 22.3 Å². The van der Waals surface area contributed by atoms with Crippen LogP contribution in [0.4, 0.5) is 22.7 Å². The highest BCUT2D eigenvalue weighted by Crippen LogP contribution is 2.42. The molecular formula is C44H24N8O8. The number of hydrogen-bond acceptors (Lipinski definition) is 12. The molecule has 0 saturated heterocycles. The maximum atomic E-state index is 12.5. The summed E-state index contributed by atoms with van der Waals surface area (Å²) in [6, 6.07) is 24.3. The Labute approximate surface area is 338 Å². The molecule has 5 aliphatic rings. The molecule has 5 heterocycles. The molecule has 0 saturated carbocycles. The average Bonchev–Trinajstić information content (AvgIpc) is 4.09. The summed E-state index contributed by atoms with van der Waals surface area (Å²) in [6.45, 7) is 0. The van der Waals surface area contributed by atoms with Gasteiger partial charge in [-0.1, -0.05) is 48.5 Å². The van der Waals surface area contributed by atoms with Crippen molar-refractivity contribution in [2.75, 3.05) is 0 Å². The minimum absolute atomic E-state index is 0.170. The van der Waals surface area contributed by atoms with Crippen molar-refractivity contribution in [2.24, 2.45) is 20.0 Å². The van der Waals surface area contributed by atoms with Gasteiger partial charge >= 0.3 is 0 Å². The fraction of sp³-hybridized carbons (Fsp3) is 0. The zero-order valence-corrected chi connectivity index (χ0v) is 30.7. The molecule has 16 nitrogen and oxygen atoms in total. The fourth-order valence-electron chi connectivity index (χ4n) is 7.57. The quantitative estimate of drug-likeness (QED) is 0.123. The van der Waals surface area contributed by atoms with E-state index in [2.05, 4.69) is 0 Å². The van der Waals surface area contributed by atoms with E-state index in [1.165, 1.54) is 48.5 Å². The van der Waals surface area contributed by atoms with E-state index >= 15 is 0 Å². The van der Waals surface area contributed by atoms with E-state index in [1.54, 1.807) is 97.1 Å². The molecule has 0 spiro atoms. The number of fused-ring (bicyclic) bond motifs is 4.